The average molecular weight is 511 g/mol. The summed E-state index contributed by atoms with van der Waals surface area (Å²) in [4.78, 5) is 25.1. The Balaban J connectivity index is 0.000000350. The predicted molar refractivity (Wildman–Crippen MR) is 138 cm³/mol. The summed E-state index contributed by atoms with van der Waals surface area (Å²) < 4.78 is 10.6. The van der Waals surface area contributed by atoms with Crippen LogP contribution >= 0.6 is 11.6 Å². The quantitative estimate of drug-likeness (QED) is 0.128. The normalized spacial score (nSPS) is 13.5. The minimum Gasteiger partial charge on any atom is -0.493 e. The van der Waals surface area contributed by atoms with E-state index in [-0.39, 0.29) is 19.1 Å². The van der Waals surface area contributed by atoms with Crippen LogP contribution in [0.5, 0.6) is 5.75 Å². The molecule has 2 rings (SSSR count). The van der Waals surface area contributed by atoms with E-state index in [9.17, 15) is 14.9 Å². The number of hydrogen-bond acceptors (Lipinski definition) is 6. The number of nitrogens with zero attached hydrogens (tertiary/aromatic N) is 1. The van der Waals surface area contributed by atoms with Crippen molar-refractivity contribution in [2.45, 2.75) is 58.3 Å². The van der Waals surface area contributed by atoms with Crippen molar-refractivity contribution < 1.29 is 24.2 Å². The molecule has 0 radical (unpaired) electrons. The van der Waals surface area contributed by atoms with Crippen LogP contribution in [0.3, 0.4) is 0 Å². The first-order valence-corrected chi connectivity index (χ1v) is 12.7. The molecule has 0 atom stereocenters. The minimum atomic E-state index is -0.865. The van der Waals surface area contributed by atoms with Crippen LogP contribution in [0.15, 0.2) is 48.6 Å². The molecule has 196 valence electrons. The molecular formula is C26H39ClN2O6. The Morgan fingerprint density at radius 3 is 2.69 bits per heavy atom. The van der Waals surface area contributed by atoms with Crippen LogP contribution in [0, 0.1) is 16.0 Å². The number of hydrogen-bond donors (Lipinski definition) is 1. The van der Waals surface area contributed by atoms with Gasteiger partial charge in [0.25, 0.3) is 5.09 Å². The first kappa shape index (κ1) is 30.5. The summed E-state index contributed by atoms with van der Waals surface area (Å²) in [6.07, 6.45) is 17.3. The summed E-state index contributed by atoms with van der Waals surface area (Å²) in [5.41, 5.74) is 0. The lowest BCUT2D eigenvalue weighted by Crippen LogP contribution is -2.27. The number of unbranched alkanes of at least 4 members (excludes halogenated alkanes) is 1. The van der Waals surface area contributed by atoms with Crippen molar-refractivity contribution in [2.24, 2.45) is 5.92 Å². The predicted octanol–water partition coefficient (Wildman–Crippen LogP) is 5.93. The molecule has 0 bridgehead atoms. The zero-order valence-corrected chi connectivity index (χ0v) is 21.4. The van der Waals surface area contributed by atoms with Crippen LogP contribution in [-0.4, -0.2) is 44.0 Å². The third kappa shape index (κ3) is 18.4. The highest BCUT2D eigenvalue weighted by molar-refractivity contribution is 6.30. The van der Waals surface area contributed by atoms with Gasteiger partial charge in [-0.15, -0.1) is 10.1 Å². The Kier molecular flexibility index (Phi) is 18.1. The molecule has 35 heavy (non-hydrogen) atoms. The first-order valence-electron chi connectivity index (χ1n) is 12.3. The topological polar surface area (TPSA) is 99.9 Å². The average Bonchev–Trinajstić information content (AvgIpc) is 3.35. The molecule has 1 N–H and O–H groups in total. The Labute approximate surface area is 213 Å². The van der Waals surface area contributed by atoms with Crippen LogP contribution in [0.25, 0.3) is 0 Å². The molecule has 1 fully saturated rings. The number of nitrogens with one attached hydrogen (secondary N) is 1. The monoisotopic (exact) mass is 510 g/mol. The standard InChI is InChI=1S/C15H19ClO.C11H20N2O5/c16-14-9-5-10-15(12-14)17-11-4-3-8-13-6-1-2-7-13;1-2-3-4-5-6-11(14)12-7-8-17-9-10-18-13(15)16/h3,5,8-10,12-13H,1-2,4,6-7,11H2;2-3H,4-10H2,1H3,(H,12,14)/b8-3+;3-2-. The zero-order chi connectivity index (χ0) is 25.6. The summed E-state index contributed by atoms with van der Waals surface area (Å²) in [5, 5.41) is 12.3. The molecule has 1 amide bonds. The van der Waals surface area contributed by atoms with Gasteiger partial charge >= 0.3 is 0 Å². The molecule has 0 saturated heterocycles. The van der Waals surface area contributed by atoms with Gasteiger partial charge in [-0.1, -0.05) is 54.8 Å². The SMILES string of the molecule is C/C=C\CCCC(=O)NCCOCCO[N+](=O)[O-].Clc1cccc(OCC/C=C/C2CCCC2)c1. The molecule has 0 aliphatic heterocycles. The van der Waals surface area contributed by atoms with E-state index in [1.54, 1.807) is 0 Å². The minimum absolute atomic E-state index is 0.00959. The lowest BCUT2D eigenvalue weighted by molar-refractivity contribution is -0.758. The van der Waals surface area contributed by atoms with Gasteiger partial charge in [0, 0.05) is 18.0 Å². The molecule has 0 aromatic heterocycles. The Hall–Kier alpha value is -2.58. The number of ether oxygens (including phenoxy) is 2. The maximum absolute atomic E-state index is 11.3. The van der Waals surface area contributed by atoms with E-state index in [1.165, 1.54) is 25.7 Å². The van der Waals surface area contributed by atoms with Crippen LogP contribution < -0.4 is 10.1 Å². The highest BCUT2D eigenvalue weighted by Gasteiger charge is 2.10. The number of benzene rings is 1. The fourth-order valence-corrected chi connectivity index (χ4v) is 3.59. The molecule has 8 nitrogen and oxygen atoms in total. The van der Waals surface area contributed by atoms with E-state index in [1.807, 2.05) is 43.3 Å². The highest BCUT2D eigenvalue weighted by Crippen LogP contribution is 2.25. The maximum atomic E-state index is 11.3. The van der Waals surface area contributed by atoms with E-state index in [0.717, 1.165) is 42.6 Å². The summed E-state index contributed by atoms with van der Waals surface area (Å²) in [6.45, 7) is 3.44. The number of carbonyl (C=O) groups is 1. The molecule has 1 aliphatic rings. The van der Waals surface area contributed by atoms with E-state index in [0.29, 0.717) is 19.6 Å². The van der Waals surface area contributed by atoms with Crippen LogP contribution in [0.2, 0.25) is 5.02 Å². The van der Waals surface area contributed by atoms with Crippen molar-refractivity contribution in [3.05, 3.63) is 63.7 Å². The number of allylic oxidation sites excluding steroid dienone is 3. The molecule has 1 aromatic carbocycles. The lowest BCUT2D eigenvalue weighted by atomic mass is 10.1. The van der Waals surface area contributed by atoms with E-state index < -0.39 is 5.09 Å². The van der Waals surface area contributed by atoms with E-state index in [2.05, 4.69) is 22.3 Å². The zero-order valence-electron chi connectivity index (χ0n) is 20.7. The van der Waals surface area contributed by atoms with Crippen molar-refractivity contribution in [3.8, 4) is 5.75 Å². The second kappa shape index (κ2) is 20.8. The molecule has 0 spiro atoms. The van der Waals surface area contributed by atoms with Gasteiger partial charge in [-0.25, -0.2) is 0 Å². The molecule has 0 unspecified atom stereocenters. The smallest absolute Gasteiger partial charge is 0.294 e. The van der Waals surface area contributed by atoms with Gasteiger partial charge in [0.1, 0.15) is 12.4 Å². The molecule has 0 heterocycles. The van der Waals surface area contributed by atoms with Crippen LogP contribution in [0.4, 0.5) is 0 Å². The molecule has 1 saturated carbocycles. The third-order valence-electron chi connectivity index (χ3n) is 5.16. The molecule has 1 aliphatic carbocycles. The maximum Gasteiger partial charge on any atom is 0.294 e. The molecule has 1 aromatic rings. The van der Waals surface area contributed by atoms with E-state index >= 15 is 0 Å². The lowest BCUT2D eigenvalue weighted by Gasteiger charge is -2.05. The highest BCUT2D eigenvalue weighted by atomic mass is 35.5. The number of rotatable bonds is 16. The van der Waals surface area contributed by atoms with Gasteiger partial charge in [0.15, 0.2) is 0 Å². The number of carbonyl (C=O) groups excluding carboxylic acids is 1. The fourth-order valence-electron chi connectivity index (χ4n) is 3.41. The third-order valence-corrected chi connectivity index (χ3v) is 5.40. The van der Waals surface area contributed by atoms with Gasteiger partial charge in [0.2, 0.25) is 5.91 Å². The van der Waals surface area contributed by atoms with Gasteiger partial charge in [0.05, 0.1) is 19.8 Å². The van der Waals surface area contributed by atoms with Gasteiger partial charge in [-0.2, -0.15) is 0 Å². The second-order valence-electron chi connectivity index (χ2n) is 8.05. The van der Waals surface area contributed by atoms with Crippen LogP contribution in [-0.2, 0) is 14.4 Å². The van der Waals surface area contributed by atoms with Gasteiger partial charge < -0.3 is 19.6 Å². The Morgan fingerprint density at radius 1 is 1.17 bits per heavy atom. The summed E-state index contributed by atoms with van der Waals surface area (Å²) >= 11 is 5.88. The Bertz CT molecular complexity index is 766. The van der Waals surface area contributed by atoms with Crippen LogP contribution in [0.1, 0.15) is 58.3 Å². The van der Waals surface area contributed by atoms with Crippen molar-refractivity contribution in [1.29, 1.82) is 0 Å². The molecule has 9 heteroatoms. The largest absolute Gasteiger partial charge is 0.493 e. The fraction of sp³-hybridized carbons (Fsp3) is 0.577. The molecular weight excluding hydrogens is 472 g/mol. The van der Waals surface area contributed by atoms with Crippen molar-refractivity contribution >= 4 is 17.5 Å². The van der Waals surface area contributed by atoms with Gasteiger partial charge in [-0.05, 0) is 63.1 Å². The van der Waals surface area contributed by atoms with Gasteiger partial charge in [-0.3, -0.25) is 4.79 Å². The van der Waals surface area contributed by atoms with Crippen molar-refractivity contribution in [3.63, 3.8) is 0 Å². The summed E-state index contributed by atoms with van der Waals surface area (Å²) in [5.74, 6) is 1.66. The van der Waals surface area contributed by atoms with Crippen molar-refractivity contribution in [1.82, 2.24) is 5.32 Å². The first-order chi connectivity index (χ1) is 17.0. The second-order valence-corrected chi connectivity index (χ2v) is 8.48. The number of halogens is 1. The summed E-state index contributed by atoms with van der Waals surface area (Å²) in [6, 6.07) is 7.55. The number of amides is 1. The summed E-state index contributed by atoms with van der Waals surface area (Å²) in [7, 11) is 0. The van der Waals surface area contributed by atoms with E-state index in [4.69, 9.17) is 21.1 Å². The Morgan fingerprint density at radius 2 is 1.97 bits per heavy atom. The van der Waals surface area contributed by atoms with Crippen molar-refractivity contribution in [2.75, 3.05) is 33.0 Å².